The highest BCUT2D eigenvalue weighted by Crippen LogP contribution is 2.35. The highest BCUT2D eigenvalue weighted by atomic mass is 16.5. The topological polar surface area (TPSA) is 56.8 Å². The maximum atomic E-state index is 12.2. The molecule has 0 bridgehead atoms. The molecular weight excluding hydrogens is 342 g/mol. The summed E-state index contributed by atoms with van der Waals surface area (Å²) in [6, 6.07) is 9.82. The Morgan fingerprint density at radius 2 is 2.04 bits per heavy atom. The molecule has 1 heterocycles. The second kappa shape index (κ2) is 8.33. The van der Waals surface area contributed by atoms with Crippen molar-refractivity contribution in [2.24, 2.45) is 0 Å². The molecule has 0 saturated heterocycles. The highest BCUT2D eigenvalue weighted by molar-refractivity contribution is 5.77. The van der Waals surface area contributed by atoms with E-state index in [4.69, 9.17) is 14.2 Å². The van der Waals surface area contributed by atoms with Gasteiger partial charge in [-0.15, -0.1) is 0 Å². The zero-order chi connectivity index (χ0) is 19.4. The Hall–Kier alpha value is -2.69. The minimum Gasteiger partial charge on any atom is -0.494 e. The summed E-state index contributed by atoms with van der Waals surface area (Å²) in [6.07, 6.45) is 1.05. The standard InChI is InChI=1S/C22H27NO4/c1-5-25-20-10-17-9-15(3)27-21(17)11-18(20)12-23-22(24)13-26-19-8-6-7-14(2)16(19)4/h6-8,10-11,15H,5,9,12-13H2,1-4H3,(H,23,24). The molecule has 5 heteroatoms. The summed E-state index contributed by atoms with van der Waals surface area (Å²) in [7, 11) is 0. The van der Waals surface area contributed by atoms with E-state index in [1.54, 1.807) is 0 Å². The molecule has 1 unspecified atom stereocenters. The van der Waals surface area contributed by atoms with Crippen LogP contribution in [0, 0.1) is 13.8 Å². The second-order valence-electron chi connectivity index (χ2n) is 6.90. The van der Waals surface area contributed by atoms with Crippen molar-refractivity contribution in [2.75, 3.05) is 13.2 Å². The molecule has 0 radical (unpaired) electrons. The lowest BCUT2D eigenvalue weighted by Crippen LogP contribution is -2.28. The molecular formula is C22H27NO4. The summed E-state index contributed by atoms with van der Waals surface area (Å²) in [5.41, 5.74) is 4.25. The number of benzene rings is 2. The molecule has 5 nitrogen and oxygen atoms in total. The van der Waals surface area contributed by atoms with Crippen LogP contribution >= 0.6 is 0 Å². The van der Waals surface area contributed by atoms with Gasteiger partial charge >= 0.3 is 0 Å². The minimum atomic E-state index is -0.173. The molecule has 0 fully saturated rings. The number of aryl methyl sites for hydroxylation is 1. The van der Waals surface area contributed by atoms with Gasteiger partial charge in [0.15, 0.2) is 6.61 Å². The smallest absolute Gasteiger partial charge is 0.258 e. The van der Waals surface area contributed by atoms with Crippen LogP contribution in [-0.4, -0.2) is 25.2 Å². The van der Waals surface area contributed by atoms with E-state index in [0.29, 0.717) is 13.2 Å². The van der Waals surface area contributed by atoms with Gasteiger partial charge in [-0.2, -0.15) is 0 Å². The largest absolute Gasteiger partial charge is 0.494 e. The third-order valence-corrected chi connectivity index (χ3v) is 4.77. The van der Waals surface area contributed by atoms with Gasteiger partial charge in [0.25, 0.3) is 5.91 Å². The van der Waals surface area contributed by atoms with Crippen LogP contribution in [0.3, 0.4) is 0 Å². The van der Waals surface area contributed by atoms with E-state index in [1.807, 2.05) is 58.0 Å². The number of carbonyl (C=O) groups is 1. The van der Waals surface area contributed by atoms with Crippen LogP contribution in [0.2, 0.25) is 0 Å². The van der Waals surface area contributed by atoms with Gasteiger partial charge in [0.05, 0.1) is 6.61 Å². The van der Waals surface area contributed by atoms with Crippen LogP contribution in [-0.2, 0) is 17.8 Å². The first-order valence-corrected chi connectivity index (χ1v) is 9.39. The van der Waals surface area contributed by atoms with Crippen molar-refractivity contribution in [1.29, 1.82) is 0 Å². The summed E-state index contributed by atoms with van der Waals surface area (Å²) in [5.74, 6) is 2.24. The van der Waals surface area contributed by atoms with E-state index in [1.165, 1.54) is 0 Å². The normalized spacial score (nSPS) is 15.0. The minimum absolute atomic E-state index is 0.0211. The van der Waals surface area contributed by atoms with Crippen molar-refractivity contribution in [2.45, 2.75) is 46.8 Å². The zero-order valence-corrected chi connectivity index (χ0v) is 16.4. The summed E-state index contributed by atoms with van der Waals surface area (Å²) < 4.78 is 17.2. The van der Waals surface area contributed by atoms with Crippen molar-refractivity contribution in [1.82, 2.24) is 5.32 Å². The van der Waals surface area contributed by atoms with Crippen LogP contribution in [0.5, 0.6) is 17.2 Å². The summed E-state index contributed by atoms with van der Waals surface area (Å²) in [5, 5.41) is 2.90. The molecule has 1 atom stereocenters. The predicted octanol–water partition coefficient (Wildman–Crippen LogP) is 3.72. The summed E-state index contributed by atoms with van der Waals surface area (Å²) in [4.78, 5) is 12.2. The SMILES string of the molecule is CCOc1cc2c(cc1CNC(=O)COc1cccc(C)c1C)OC(C)C2. The van der Waals surface area contributed by atoms with Crippen LogP contribution in [0.4, 0.5) is 0 Å². The lowest BCUT2D eigenvalue weighted by Gasteiger charge is -2.14. The van der Waals surface area contributed by atoms with Crippen molar-refractivity contribution in [3.63, 3.8) is 0 Å². The Kier molecular flexibility index (Phi) is 5.89. The number of rotatable bonds is 7. The molecule has 1 amide bonds. The van der Waals surface area contributed by atoms with Gasteiger partial charge in [-0.3, -0.25) is 4.79 Å². The Morgan fingerprint density at radius 1 is 1.22 bits per heavy atom. The first kappa shape index (κ1) is 19.1. The van der Waals surface area contributed by atoms with Gasteiger partial charge in [-0.05, 0) is 57.0 Å². The number of fused-ring (bicyclic) bond motifs is 1. The number of carbonyl (C=O) groups excluding carboxylic acids is 1. The maximum Gasteiger partial charge on any atom is 0.258 e. The van der Waals surface area contributed by atoms with Gasteiger partial charge in [-0.25, -0.2) is 0 Å². The molecule has 0 saturated carbocycles. The van der Waals surface area contributed by atoms with Gasteiger partial charge in [0.2, 0.25) is 0 Å². The zero-order valence-electron chi connectivity index (χ0n) is 16.4. The fourth-order valence-corrected chi connectivity index (χ4v) is 3.18. The van der Waals surface area contributed by atoms with Gasteiger partial charge in [0.1, 0.15) is 23.4 Å². The van der Waals surface area contributed by atoms with E-state index < -0.39 is 0 Å². The second-order valence-corrected chi connectivity index (χ2v) is 6.90. The third kappa shape index (κ3) is 4.54. The average molecular weight is 369 g/mol. The Balaban J connectivity index is 1.61. The number of hydrogen-bond donors (Lipinski definition) is 1. The lowest BCUT2D eigenvalue weighted by molar-refractivity contribution is -0.123. The Labute approximate surface area is 160 Å². The van der Waals surface area contributed by atoms with E-state index in [-0.39, 0.29) is 18.6 Å². The molecule has 27 heavy (non-hydrogen) atoms. The maximum absolute atomic E-state index is 12.2. The Morgan fingerprint density at radius 3 is 2.81 bits per heavy atom. The summed E-state index contributed by atoms with van der Waals surface area (Å²) in [6.45, 7) is 8.93. The molecule has 0 aromatic heterocycles. The highest BCUT2D eigenvalue weighted by Gasteiger charge is 2.22. The fraction of sp³-hybridized carbons (Fsp3) is 0.409. The van der Waals surface area contributed by atoms with Gasteiger partial charge in [-0.1, -0.05) is 12.1 Å². The number of nitrogens with one attached hydrogen (secondary N) is 1. The van der Waals surface area contributed by atoms with Crippen LogP contribution in [0.25, 0.3) is 0 Å². The first-order valence-electron chi connectivity index (χ1n) is 9.39. The number of ether oxygens (including phenoxy) is 3. The molecule has 1 N–H and O–H groups in total. The van der Waals surface area contributed by atoms with Crippen molar-refractivity contribution >= 4 is 5.91 Å². The molecule has 2 aromatic carbocycles. The molecule has 144 valence electrons. The molecule has 1 aliphatic rings. The average Bonchev–Trinajstić information content (AvgIpc) is 3.00. The quantitative estimate of drug-likeness (QED) is 0.808. The molecule has 0 spiro atoms. The van der Waals surface area contributed by atoms with E-state index >= 15 is 0 Å². The van der Waals surface area contributed by atoms with E-state index in [0.717, 1.165) is 45.9 Å². The van der Waals surface area contributed by atoms with E-state index in [2.05, 4.69) is 5.32 Å². The lowest BCUT2D eigenvalue weighted by atomic mass is 10.1. The van der Waals surface area contributed by atoms with Crippen LogP contribution in [0.1, 0.15) is 36.1 Å². The van der Waals surface area contributed by atoms with Gasteiger partial charge < -0.3 is 19.5 Å². The van der Waals surface area contributed by atoms with Crippen LogP contribution < -0.4 is 19.5 Å². The van der Waals surface area contributed by atoms with Gasteiger partial charge in [0, 0.05) is 24.1 Å². The van der Waals surface area contributed by atoms with E-state index in [9.17, 15) is 4.79 Å². The molecule has 1 aliphatic heterocycles. The Bertz CT molecular complexity index is 831. The monoisotopic (exact) mass is 369 g/mol. The summed E-state index contributed by atoms with van der Waals surface area (Å²) >= 11 is 0. The molecule has 3 rings (SSSR count). The first-order chi connectivity index (χ1) is 13.0. The molecule has 0 aliphatic carbocycles. The number of amides is 1. The number of hydrogen-bond acceptors (Lipinski definition) is 4. The molecule has 2 aromatic rings. The third-order valence-electron chi connectivity index (χ3n) is 4.77. The fourth-order valence-electron chi connectivity index (χ4n) is 3.18. The van der Waals surface area contributed by atoms with Crippen molar-refractivity contribution < 1.29 is 19.0 Å². The van der Waals surface area contributed by atoms with Crippen LogP contribution in [0.15, 0.2) is 30.3 Å². The van der Waals surface area contributed by atoms with Crippen molar-refractivity contribution in [3.05, 3.63) is 52.6 Å². The van der Waals surface area contributed by atoms with Crippen molar-refractivity contribution in [3.8, 4) is 17.2 Å². The predicted molar refractivity (Wildman–Crippen MR) is 105 cm³/mol.